The molecule has 0 saturated carbocycles. The van der Waals surface area contributed by atoms with Crippen LogP contribution in [0.2, 0.25) is 5.02 Å². The zero-order chi connectivity index (χ0) is 13.3. The number of carbonyl (C=O) groups is 1. The summed E-state index contributed by atoms with van der Waals surface area (Å²) in [5.74, 6) is 1.05. The second-order valence-corrected chi connectivity index (χ2v) is 7.22. The molecule has 1 heterocycles. The highest BCUT2D eigenvalue weighted by molar-refractivity contribution is 9.10. The minimum absolute atomic E-state index is 0.0593. The van der Waals surface area contributed by atoms with Crippen molar-refractivity contribution in [2.45, 2.75) is 25.1 Å². The van der Waals surface area contributed by atoms with Crippen LogP contribution in [0.15, 0.2) is 22.7 Å². The van der Waals surface area contributed by atoms with Crippen molar-refractivity contribution in [3.8, 4) is 0 Å². The van der Waals surface area contributed by atoms with E-state index in [4.69, 9.17) is 11.6 Å². The monoisotopic (exact) mass is 347 g/mol. The molecule has 2 atom stereocenters. The molecule has 1 aromatic rings. The van der Waals surface area contributed by atoms with Gasteiger partial charge in [0.15, 0.2) is 0 Å². The summed E-state index contributed by atoms with van der Waals surface area (Å²) in [4.78, 5) is 14.5. The van der Waals surface area contributed by atoms with E-state index in [1.165, 1.54) is 0 Å². The lowest BCUT2D eigenvalue weighted by molar-refractivity contribution is 0.0697. The number of amides is 1. The summed E-state index contributed by atoms with van der Waals surface area (Å²) in [6.07, 6.45) is 0. The molecule has 18 heavy (non-hydrogen) atoms. The fourth-order valence-corrected chi connectivity index (χ4v) is 3.72. The van der Waals surface area contributed by atoms with Crippen LogP contribution < -0.4 is 0 Å². The van der Waals surface area contributed by atoms with Gasteiger partial charge in [-0.05, 0) is 41.1 Å². The van der Waals surface area contributed by atoms with Gasteiger partial charge in [0.25, 0.3) is 5.91 Å². The van der Waals surface area contributed by atoms with E-state index < -0.39 is 0 Å². The standard InChI is InChI=1S/C13H15BrClNOS/c1-8-9(2)18-6-5-16(8)13(17)11-7-10(15)3-4-12(11)14/h3-4,7-9H,5-6H2,1-2H3. The van der Waals surface area contributed by atoms with Crippen LogP contribution >= 0.6 is 39.3 Å². The number of carbonyl (C=O) groups excluding carboxylic acids is 1. The van der Waals surface area contributed by atoms with Crippen LogP contribution in [0.25, 0.3) is 0 Å². The number of benzene rings is 1. The van der Waals surface area contributed by atoms with E-state index in [1.54, 1.807) is 12.1 Å². The predicted octanol–water partition coefficient (Wildman–Crippen LogP) is 4.07. The normalized spacial score (nSPS) is 24.1. The molecule has 1 fully saturated rings. The van der Waals surface area contributed by atoms with E-state index in [9.17, 15) is 4.79 Å². The summed E-state index contributed by atoms with van der Waals surface area (Å²) < 4.78 is 0.801. The summed E-state index contributed by atoms with van der Waals surface area (Å²) in [7, 11) is 0. The van der Waals surface area contributed by atoms with Gasteiger partial charge < -0.3 is 4.90 Å². The van der Waals surface area contributed by atoms with Crippen molar-refractivity contribution in [2.75, 3.05) is 12.3 Å². The molecule has 1 aliphatic heterocycles. The number of thioether (sulfide) groups is 1. The van der Waals surface area contributed by atoms with E-state index in [0.717, 1.165) is 16.8 Å². The van der Waals surface area contributed by atoms with Crippen LogP contribution in [0.3, 0.4) is 0 Å². The fraction of sp³-hybridized carbons (Fsp3) is 0.462. The Morgan fingerprint density at radius 3 is 2.94 bits per heavy atom. The molecule has 98 valence electrons. The smallest absolute Gasteiger partial charge is 0.255 e. The van der Waals surface area contributed by atoms with Crippen LogP contribution in [0.1, 0.15) is 24.2 Å². The second-order valence-electron chi connectivity index (χ2n) is 4.44. The van der Waals surface area contributed by atoms with E-state index in [2.05, 4.69) is 29.8 Å². The maximum atomic E-state index is 12.6. The fourth-order valence-electron chi connectivity index (χ4n) is 2.04. The average molecular weight is 349 g/mol. The highest BCUT2D eigenvalue weighted by atomic mass is 79.9. The lowest BCUT2D eigenvalue weighted by Gasteiger charge is -2.37. The van der Waals surface area contributed by atoms with E-state index in [1.807, 2.05) is 22.7 Å². The van der Waals surface area contributed by atoms with E-state index >= 15 is 0 Å². The predicted molar refractivity (Wildman–Crippen MR) is 81.6 cm³/mol. The summed E-state index contributed by atoms with van der Waals surface area (Å²) >= 11 is 11.3. The minimum atomic E-state index is 0.0593. The molecule has 2 nitrogen and oxygen atoms in total. The molecule has 0 radical (unpaired) electrons. The number of hydrogen-bond acceptors (Lipinski definition) is 2. The molecule has 0 N–H and O–H groups in total. The number of hydrogen-bond donors (Lipinski definition) is 0. The Bertz CT molecular complexity index is 468. The van der Waals surface area contributed by atoms with Gasteiger partial charge in [-0.2, -0.15) is 11.8 Å². The van der Waals surface area contributed by atoms with Crippen molar-refractivity contribution < 1.29 is 4.79 Å². The van der Waals surface area contributed by atoms with Crippen LogP contribution in [0, 0.1) is 0 Å². The molecule has 0 aliphatic carbocycles. The van der Waals surface area contributed by atoms with Gasteiger partial charge in [-0.1, -0.05) is 18.5 Å². The summed E-state index contributed by atoms with van der Waals surface area (Å²) in [6.45, 7) is 5.07. The molecule has 1 aromatic carbocycles. The maximum Gasteiger partial charge on any atom is 0.255 e. The lowest BCUT2D eigenvalue weighted by Crippen LogP contribution is -2.48. The van der Waals surface area contributed by atoms with Crippen LogP contribution in [0.5, 0.6) is 0 Å². The highest BCUT2D eigenvalue weighted by Crippen LogP contribution is 2.28. The first-order valence-corrected chi connectivity index (χ1v) is 8.10. The molecule has 1 aliphatic rings. The van der Waals surface area contributed by atoms with Gasteiger partial charge in [-0.3, -0.25) is 4.79 Å². The Morgan fingerprint density at radius 1 is 1.50 bits per heavy atom. The molecule has 2 rings (SSSR count). The van der Waals surface area contributed by atoms with Crippen LogP contribution in [0.4, 0.5) is 0 Å². The topological polar surface area (TPSA) is 20.3 Å². The highest BCUT2D eigenvalue weighted by Gasteiger charge is 2.30. The molecule has 5 heteroatoms. The van der Waals surface area contributed by atoms with Gasteiger partial charge in [0.2, 0.25) is 0 Å². The Kier molecular flexibility index (Phi) is 4.62. The Hall–Kier alpha value is -0.190. The van der Waals surface area contributed by atoms with Crippen molar-refractivity contribution in [1.82, 2.24) is 4.90 Å². The van der Waals surface area contributed by atoms with Crippen molar-refractivity contribution in [2.24, 2.45) is 0 Å². The first-order valence-electron chi connectivity index (χ1n) is 5.88. The SMILES string of the molecule is CC1SCCN(C(=O)c2cc(Cl)ccc2Br)C1C. The molecule has 0 bridgehead atoms. The van der Waals surface area contributed by atoms with Crippen molar-refractivity contribution in [3.63, 3.8) is 0 Å². The van der Waals surface area contributed by atoms with E-state index in [-0.39, 0.29) is 11.9 Å². The summed E-state index contributed by atoms with van der Waals surface area (Å²) in [6, 6.07) is 5.58. The largest absolute Gasteiger partial charge is 0.334 e. The van der Waals surface area contributed by atoms with Crippen molar-refractivity contribution in [1.29, 1.82) is 0 Å². The molecule has 1 amide bonds. The Labute approximate surface area is 125 Å². The maximum absolute atomic E-state index is 12.6. The van der Waals surface area contributed by atoms with Crippen molar-refractivity contribution >= 4 is 45.2 Å². The molecular weight excluding hydrogens is 334 g/mol. The van der Waals surface area contributed by atoms with Crippen LogP contribution in [-0.4, -0.2) is 34.4 Å². The Morgan fingerprint density at radius 2 is 2.22 bits per heavy atom. The van der Waals surface area contributed by atoms with Gasteiger partial charge in [0.05, 0.1) is 5.56 Å². The molecule has 0 aromatic heterocycles. The zero-order valence-corrected chi connectivity index (χ0v) is 13.5. The first kappa shape index (κ1) is 14.2. The van der Waals surface area contributed by atoms with Crippen LogP contribution in [-0.2, 0) is 0 Å². The third-order valence-electron chi connectivity index (χ3n) is 3.30. The van der Waals surface area contributed by atoms with E-state index in [0.29, 0.717) is 15.8 Å². The van der Waals surface area contributed by atoms with Gasteiger partial charge in [0, 0.05) is 33.1 Å². The van der Waals surface area contributed by atoms with Gasteiger partial charge in [-0.25, -0.2) is 0 Å². The average Bonchev–Trinajstić information content (AvgIpc) is 2.35. The Balaban J connectivity index is 2.27. The minimum Gasteiger partial charge on any atom is -0.334 e. The third-order valence-corrected chi connectivity index (χ3v) is 5.57. The molecule has 0 spiro atoms. The third kappa shape index (κ3) is 2.86. The first-order chi connectivity index (χ1) is 8.50. The quantitative estimate of drug-likeness (QED) is 0.762. The summed E-state index contributed by atoms with van der Waals surface area (Å²) in [5.41, 5.74) is 0.647. The summed E-state index contributed by atoms with van der Waals surface area (Å²) in [5, 5.41) is 1.06. The number of nitrogens with zero attached hydrogens (tertiary/aromatic N) is 1. The number of halogens is 2. The zero-order valence-electron chi connectivity index (χ0n) is 10.3. The lowest BCUT2D eigenvalue weighted by atomic mass is 10.1. The number of rotatable bonds is 1. The second kappa shape index (κ2) is 5.85. The van der Waals surface area contributed by atoms with Crippen molar-refractivity contribution in [3.05, 3.63) is 33.3 Å². The van der Waals surface area contributed by atoms with Gasteiger partial charge >= 0.3 is 0 Å². The molecule has 2 unspecified atom stereocenters. The molecular formula is C13H15BrClNOS. The molecule has 1 saturated heterocycles. The van der Waals surface area contributed by atoms with Gasteiger partial charge in [-0.15, -0.1) is 0 Å². The van der Waals surface area contributed by atoms with Gasteiger partial charge in [0.1, 0.15) is 0 Å².